The lowest BCUT2D eigenvalue weighted by molar-refractivity contribution is 0.102. The largest absolute Gasteiger partial charge is 0.318 e. The average Bonchev–Trinajstić information content (AvgIpc) is 3.02. The van der Waals surface area contributed by atoms with Crippen molar-refractivity contribution in [1.82, 2.24) is 15.0 Å². The maximum atomic E-state index is 13.6. The Morgan fingerprint density at radius 3 is 2.73 bits per heavy atom. The van der Waals surface area contributed by atoms with Crippen LogP contribution in [0.15, 0.2) is 54.7 Å². The van der Waals surface area contributed by atoms with Crippen LogP contribution >= 0.6 is 11.6 Å². The Balaban J connectivity index is 1.81. The summed E-state index contributed by atoms with van der Waals surface area (Å²) in [6.07, 6.45) is 1.31. The molecule has 5 nitrogen and oxygen atoms in total. The molecule has 0 spiro atoms. The molecule has 0 unspecified atom stereocenters. The van der Waals surface area contributed by atoms with E-state index >= 15 is 0 Å². The first-order valence-corrected chi connectivity index (χ1v) is 6.75. The minimum absolute atomic E-state index is 0.00763. The quantitative estimate of drug-likeness (QED) is 0.806. The fourth-order valence-corrected chi connectivity index (χ4v) is 2.00. The summed E-state index contributed by atoms with van der Waals surface area (Å²) in [6, 6.07) is 13.0. The molecule has 0 fully saturated rings. The SMILES string of the molecule is O=C(Nc1cc(Cl)ccc1F)c1cnn(-c2ccccc2)n1. The van der Waals surface area contributed by atoms with E-state index in [1.165, 1.54) is 29.2 Å². The van der Waals surface area contributed by atoms with Crippen molar-refractivity contribution in [2.24, 2.45) is 0 Å². The molecule has 1 heterocycles. The summed E-state index contributed by atoms with van der Waals surface area (Å²) >= 11 is 5.78. The monoisotopic (exact) mass is 316 g/mol. The molecule has 22 heavy (non-hydrogen) atoms. The van der Waals surface area contributed by atoms with E-state index in [0.29, 0.717) is 5.02 Å². The fraction of sp³-hybridized carbons (Fsp3) is 0. The van der Waals surface area contributed by atoms with Gasteiger partial charge in [-0.15, -0.1) is 5.10 Å². The van der Waals surface area contributed by atoms with Crippen molar-refractivity contribution in [3.8, 4) is 5.69 Å². The van der Waals surface area contributed by atoms with Gasteiger partial charge in [-0.25, -0.2) is 4.39 Å². The van der Waals surface area contributed by atoms with Gasteiger partial charge in [0.05, 0.1) is 17.6 Å². The predicted molar refractivity (Wildman–Crippen MR) is 80.7 cm³/mol. The second-order valence-corrected chi connectivity index (χ2v) is 4.87. The standard InChI is InChI=1S/C15H10ClFN4O/c16-10-6-7-12(17)13(8-10)19-15(22)14-9-18-21(20-14)11-4-2-1-3-5-11/h1-9H,(H,19,22). The summed E-state index contributed by atoms with van der Waals surface area (Å²) < 4.78 is 13.6. The molecule has 0 aliphatic heterocycles. The Bertz CT molecular complexity index is 819. The number of para-hydroxylation sites is 1. The smallest absolute Gasteiger partial charge is 0.277 e. The molecule has 0 saturated carbocycles. The van der Waals surface area contributed by atoms with Gasteiger partial charge in [-0.2, -0.15) is 9.90 Å². The van der Waals surface area contributed by atoms with Crippen molar-refractivity contribution in [2.45, 2.75) is 0 Å². The van der Waals surface area contributed by atoms with E-state index in [1.807, 2.05) is 18.2 Å². The van der Waals surface area contributed by atoms with Crippen LogP contribution in [0.5, 0.6) is 0 Å². The Morgan fingerprint density at radius 1 is 1.18 bits per heavy atom. The molecule has 0 bridgehead atoms. The number of benzene rings is 2. The van der Waals surface area contributed by atoms with Gasteiger partial charge < -0.3 is 5.32 Å². The highest BCUT2D eigenvalue weighted by atomic mass is 35.5. The molecule has 0 aliphatic carbocycles. The number of aromatic nitrogens is 3. The number of carbonyl (C=O) groups excluding carboxylic acids is 1. The lowest BCUT2D eigenvalue weighted by Gasteiger charge is -2.04. The molecule has 0 atom stereocenters. The van der Waals surface area contributed by atoms with Crippen LogP contribution in [0.1, 0.15) is 10.5 Å². The number of rotatable bonds is 3. The maximum Gasteiger partial charge on any atom is 0.277 e. The van der Waals surface area contributed by atoms with Gasteiger partial charge in [0.25, 0.3) is 5.91 Å². The van der Waals surface area contributed by atoms with Crippen LogP contribution in [-0.4, -0.2) is 20.9 Å². The molecule has 7 heteroatoms. The molecule has 3 aromatic rings. The minimum Gasteiger partial charge on any atom is -0.318 e. The number of nitrogens with one attached hydrogen (secondary N) is 1. The number of halogens is 2. The van der Waals surface area contributed by atoms with E-state index < -0.39 is 11.7 Å². The van der Waals surface area contributed by atoms with E-state index in [-0.39, 0.29) is 11.4 Å². The normalized spacial score (nSPS) is 10.5. The van der Waals surface area contributed by atoms with Crippen LogP contribution < -0.4 is 5.32 Å². The predicted octanol–water partition coefficient (Wildman–Crippen LogP) is 3.31. The summed E-state index contributed by atoms with van der Waals surface area (Å²) in [4.78, 5) is 13.4. The van der Waals surface area contributed by atoms with Gasteiger partial charge in [0.1, 0.15) is 5.82 Å². The Labute approximate surface area is 130 Å². The van der Waals surface area contributed by atoms with Crippen molar-refractivity contribution in [2.75, 3.05) is 5.32 Å². The van der Waals surface area contributed by atoms with Crippen LogP contribution in [0.25, 0.3) is 5.69 Å². The summed E-state index contributed by atoms with van der Waals surface area (Å²) in [6.45, 7) is 0. The van der Waals surface area contributed by atoms with E-state index in [1.54, 1.807) is 12.1 Å². The van der Waals surface area contributed by atoms with Crippen molar-refractivity contribution in [3.05, 3.63) is 71.3 Å². The first kappa shape index (κ1) is 14.2. The highest BCUT2D eigenvalue weighted by molar-refractivity contribution is 6.31. The molecule has 1 N–H and O–H groups in total. The van der Waals surface area contributed by atoms with Gasteiger partial charge in [-0.3, -0.25) is 4.79 Å². The van der Waals surface area contributed by atoms with E-state index in [2.05, 4.69) is 15.5 Å². The first-order chi connectivity index (χ1) is 10.6. The lowest BCUT2D eigenvalue weighted by Crippen LogP contribution is -2.14. The third kappa shape index (κ3) is 2.96. The molecule has 0 aliphatic rings. The zero-order valence-electron chi connectivity index (χ0n) is 11.2. The third-order valence-corrected chi connectivity index (χ3v) is 3.12. The summed E-state index contributed by atoms with van der Waals surface area (Å²) in [5.41, 5.74) is 0.783. The molecule has 0 saturated heterocycles. The average molecular weight is 317 g/mol. The molecule has 2 aromatic carbocycles. The fourth-order valence-electron chi connectivity index (χ4n) is 1.83. The highest BCUT2D eigenvalue weighted by Crippen LogP contribution is 2.20. The van der Waals surface area contributed by atoms with Gasteiger partial charge in [0, 0.05) is 5.02 Å². The van der Waals surface area contributed by atoms with Crippen molar-refractivity contribution >= 4 is 23.2 Å². The van der Waals surface area contributed by atoms with E-state index in [4.69, 9.17) is 11.6 Å². The molecule has 110 valence electrons. The number of nitrogens with zero attached hydrogens (tertiary/aromatic N) is 3. The number of amides is 1. The summed E-state index contributed by atoms with van der Waals surface area (Å²) in [5, 5.41) is 10.8. The Morgan fingerprint density at radius 2 is 1.95 bits per heavy atom. The number of hydrogen-bond acceptors (Lipinski definition) is 3. The van der Waals surface area contributed by atoms with E-state index in [0.717, 1.165) is 5.69 Å². The van der Waals surface area contributed by atoms with E-state index in [9.17, 15) is 9.18 Å². The molecule has 3 rings (SSSR count). The van der Waals surface area contributed by atoms with Crippen LogP contribution in [0, 0.1) is 5.82 Å². The molecular weight excluding hydrogens is 307 g/mol. The first-order valence-electron chi connectivity index (χ1n) is 6.37. The van der Waals surface area contributed by atoms with Crippen molar-refractivity contribution in [1.29, 1.82) is 0 Å². The maximum absolute atomic E-state index is 13.6. The van der Waals surface area contributed by atoms with Gasteiger partial charge in [0.15, 0.2) is 5.69 Å². The third-order valence-electron chi connectivity index (χ3n) is 2.89. The molecule has 1 amide bonds. The summed E-state index contributed by atoms with van der Waals surface area (Å²) in [5.74, 6) is -1.14. The lowest BCUT2D eigenvalue weighted by atomic mass is 10.3. The number of hydrogen-bond donors (Lipinski definition) is 1. The molecule has 1 aromatic heterocycles. The van der Waals surface area contributed by atoms with Crippen molar-refractivity contribution < 1.29 is 9.18 Å². The number of anilines is 1. The van der Waals surface area contributed by atoms with Gasteiger partial charge in [0.2, 0.25) is 0 Å². The second-order valence-electron chi connectivity index (χ2n) is 4.43. The number of carbonyl (C=O) groups is 1. The van der Waals surface area contributed by atoms with Crippen LogP contribution in [-0.2, 0) is 0 Å². The van der Waals surface area contributed by atoms with Gasteiger partial charge in [-0.1, -0.05) is 29.8 Å². The summed E-state index contributed by atoms with van der Waals surface area (Å²) in [7, 11) is 0. The van der Waals surface area contributed by atoms with Crippen molar-refractivity contribution in [3.63, 3.8) is 0 Å². The van der Waals surface area contributed by atoms with Gasteiger partial charge >= 0.3 is 0 Å². The molecular formula is C15H10ClFN4O. The Kier molecular flexibility index (Phi) is 3.84. The minimum atomic E-state index is -0.576. The topological polar surface area (TPSA) is 59.8 Å². The van der Waals surface area contributed by atoms with Crippen LogP contribution in [0.2, 0.25) is 5.02 Å². The van der Waals surface area contributed by atoms with Crippen LogP contribution in [0.4, 0.5) is 10.1 Å². The Hall–Kier alpha value is -2.73. The zero-order chi connectivity index (χ0) is 15.5. The van der Waals surface area contributed by atoms with Crippen LogP contribution in [0.3, 0.4) is 0 Å². The highest BCUT2D eigenvalue weighted by Gasteiger charge is 2.14. The molecule has 0 radical (unpaired) electrons. The van der Waals surface area contributed by atoms with Gasteiger partial charge in [-0.05, 0) is 30.3 Å². The second kappa shape index (κ2) is 5.95. The zero-order valence-corrected chi connectivity index (χ0v) is 12.0.